The highest BCUT2D eigenvalue weighted by atomic mass is 19.4. The summed E-state index contributed by atoms with van der Waals surface area (Å²) < 4.78 is 50.6. The Hall–Kier alpha value is -1.79. The molecule has 0 aromatic carbocycles. The third-order valence-corrected chi connectivity index (χ3v) is 3.98. The maximum Gasteiger partial charge on any atom is 0.497 e. The molecule has 9 heteroatoms. The van der Waals surface area contributed by atoms with Crippen LogP contribution in [0.15, 0.2) is 10.9 Å². The zero-order valence-corrected chi connectivity index (χ0v) is 12.5. The van der Waals surface area contributed by atoms with Crippen LogP contribution in [0.4, 0.5) is 13.2 Å². The van der Waals surface area contributed by atoms with Gasteiger partial charge < -0.3 is 14.3 Å². The lowest BCUT2D eigenvalue weighted by atomic mass is 9.77. The molecule has 2 heterocycles. The summed E-state index contributed by atoms with van der Waals surface area (Å²) in [6, 6.07) is 2.42. The van der Waals surface area contributed by atoms with E-state index in [0.29, 0.717) is 0 Å². The fourth-order valence-corrected chi connectivity index (χ4v) is 2.02. The molecule has 0 unspecified atom stereocenters. The van der Waals surface area contributed by atoms with Crippen molar-refractivity contribution in [1.29, 1.82) is 5.26 Å². The molecule has 0 spiro atoms. The van der Waals surface area contributed by atoms with E-state index in [4.69, 9.17) is 14.6 Å². The minimum Gasteiger partial charge on any atom is -0.399 e. The second-order valence-corrected chi connectivity index (χ2v) is 6.04. The number of nitrogens with zero attached hydrogens (tertiary/aromatic N) is 1. The maximum atomic E-state index is 13.1. The fourth-order valence-electron chi connectivity index (χ4n) is 2.02. The smallest absolute Gasteiger partial charge is 0.399 e. The first-order valence-electron chi connectivity index (χ1n) is 6.49. The zero-order chi connectivity index (χ0) is 16.9. The van der Waals surface area contributed by atoms with E-state index in [1.807, 2.05) is 0 Å². The lowest BCUT2D eigenvalue weighted by molar-refractivity contribution is -0.140. The van der Waals surface area contributed by atoms with Crippen LogP contribution in [0.1, 0.15) is 39.0 Å². The van der Waals surface area contributed by atoms with Gasteiger partial charge >= 0.3 is 13.3 Å². The molecule has 0 bridgehead atoms. The molecule has 1 aliphatic heterocycles. The Balaban J connectivity index is 2.61. The molecule has 22 heavy (non-hydrogen) atoms. The van der Waals surface area contributed by atoms with Crippen LogP contribution in [-0.4, -0.2) is 23.3 Å². The van der Waals surface area contributed by atoms with Gasteiger partial charge in [-0.05, 0) is 33.8 Å². The van der Waals surface area contributed by atoms with Crippen molar-refractivity contribution >= 4 is 12.6 Å². The van der Waals surface area contributed by atoms with Gasteiger partial charge in [0.1, 0.15) is 17.3 Å². The maximum absolute atomic E-state index is 13.1. The van der Waals surface area contributed by atoms with Gasteiger partial charge in [0.25, 0.3) is 5.56 Å². The van der Waals surface area contributed by atoms with Crippen LogP contribution in [0.25, 0.3) is 0 Å². The Morgan fingerprint density at radius 3 is 2.14 bits per heavy atom. The van der Waals surface area contributed by atoms with Crippen molar-refractivity contribution in [1.82, 2.24) is 4.98 Å². The molecule has 0 amide bonds. The standard InChI is InChI=1S/C13H14BF3N2O3/c1-11(2)12(3,4)22-14(21-11)8-5-7(6-18)10(20)19-9(8)13(15,16)17/h5H,1-4H3,(H,19,20). The van der Waals surface area contributed by atoms with Crippen LogP contribution < -0.4 is 11.0 Å². The molecule has 1 fully saturated rings. The Labute approximate surface area is 125 Å². The predicted molar refractivity (Wildman–Crippen MR) is 72.5 cm³/mol. The summed E-state index contributed by atoms with van der Waals surface area (Å²) in [6.45, 7) is 6.77. The first-order chi connectivity index (χ1) is 9.89. The van der Waals surface area contributed by atoms with Gasteiger partial charge in [0.2, 0.25) is 0 Å². The average molecular weight is 314 g/mol. The van der Waals surface area contributed by atoms with Gasteiger partial charge in [-0.25, -0.2) is 0 Å². The highest BCUT2D eigenvalue weighted by Gasteiger charge is 2.54. The summed E-state index contributed by atoms with van der Waals surface area (Å²) in [5.74, 6) is 0. The van der Waals surface area contributed by atoms with Crippen molar-refractivity contribution in [3.05, 3.63) is 27.7 Å². The zero-order valence-electron chi connectivity index (χ0n) is 12.5. The quantitative estimate of drug-likeness (QED) is 0.798. The second-order valence-electron chi connectivity index (χ2n) is 6.04. The molecule has 1 aliphatic rings. The molecule has 1 saturated heterocycles. The molecule has 5 nitrogen and oxygen atoms in total. The molecular weight excluding hydrogens is 300 g/mol. The molecule has 0 saturated carbocycles. The summed E-state index contributed by atoms with van der Waals surface area (Å²) in [6.07, 6.45) is -4.80. The van der Waals surface area contributed by atoms with Gasteiger partial charge in [-0.3, -0.25) is 4.79 Å². The van der Waals surface area contributed by atoms with E-state index in [1.54, 1.807) is 38.7 Å². The monoisotopic (exact) mass is 314 g/mol. The Morgan fingerprint density at radius 2 is 1.73 bits per heavy atom. The third kappa shape index (κ3) is 2.64. The number of aromatic amines is 1. The summed E-state index contributed by atoms with van der Waals surface area (Å²) in [5.41, 5.74) is -4.91. The van der Waals surface area contributed by atoms with Crippen molar-refractivity contribution < 1.29 is 22.5 Å². The molecule has 1 aromatic rings. The molecule has 1 aromatic heterocycles. The average Bonchev–Trinajstić information content (AvgIpc) is 2.56. The first kappa shape index (κ1) is 16.6. The SMILES string of the molecule is CC1(C)OB(c2cc(C#N)c(=O)[nH]c2C(F)(F)F)OC1(C)C. The summed E-state index contributed by atoms with van der Waals surface area (Å²) in [7, 11) is -1.33. The van der Waals surface area contributed by atoms with Crippen LogP contribution in [-0.2, 0) is 15.5 Å². The summed E-state index contributed by atoms with van der Waals surface area (Å²) >= 11 is 0. The number of nitriles is 1. The number of nitrogens with one attached hydrogen (secondary N) is 1. The Morgan fingerprint density at radius 1 is 1.23 bits per heavy atom. The molecule has 118 valence electrons. The second kappa shape index (κ2) is 4.86. The number of alkyl halides is 3. The van der Waals surface area contributed by atoms with E-state index < -0.39 is 46.8 Å². The van der Waals surface area contributed by atoms with Crippen molar-refractivity contribution in [2.45, 2.75) is 45.1 Å². The number of aromatic nitrogens is 1. The molecular formula is C13H14BF3N2O3. The highest BCUT2D eigenvalue weighted by molar-refractivity contribution is 6.62. The molecule has 2 rings (SSSR count). The van der Waals surface area contributed by atoms with Gasteiger partial charge in [-0.1, -0.05) is 0 Å². The van der Waals surface area contributed by atoms with Crippen molar-refractivity contribution in [2.24, 2.45) is 0 Å². The minimum atomic E-state index is -4.80. The van der Waals surface area contributed by atoms with E-state index >= 15 is 0 Å². The van der Waals surface area contributed by atoms with Gasteiger partial charge in [-0.15, -0.1) is 0 Å². The minimum absolute atomic E-state index is 0.415. The highest BCUT2D eigenvalue weighted by Crippen LogP contribution is 2.37. The molecule has 0 radical (unpaired) electrons. The number of H-pyrrole nitrogens is 1. The molecule has 0 aliphatic carbocycles. The van der Waals surface area contributed by atoms with Crippen LogP contribution in [0, 0.1) is 11.3 Å². The van der Waals surface area contributed by atoms with E-state index in [-0.39, 0.29) is 0 Å². The van der Waals surface area contributed by atoms with E-state index in [2.05, 4.69) is 0 Å². The topological polar surface area (TPSA) is 75.1 Å². The molecule has 0 atom stereocenters. The normalized spacial score (nSPS) is 20.0. The van der Waals surface area contributed by atoms with Gasteiger partial charge in [0, 0.05) is 5.46 Å². The number of pyridine rings is 1. The largest absolute Gasteiger partial charge is 0.497 e. The first-order valence-corrected chi connectivity index (χ1v) is 6.49. The predicted octanol–water partition coefficient (Wildman–Crippen LogP) is 1.56. The number of hydrogen-bond acceptors (Lipinski definition) is 4. The van der Waals surface area contributed by atoms with Gasteiger partial charge in [0.15, 0.2) is 0 Å². The summed E-state index contributed by atoms with van der Waals surface area (Å²) in [5, 5.41) is 8.85. The van der Waals surface area contributed by atoms with Crippen molar-refractivity contribution in [2.75, 3.05) is 0 Å². The lowest BCUT2D eigenvalue weighted by Crippen LogP contribution is -2.42. The van der Waals surface area contributed by atoms with Crippen molar-refractivity contribution in [3.63, 3.8) is 0 Å². The van der Waals surface area contributed by atoms with Crippen LogP contribution >= 0.6 is 0 Å². The van der Waals surface area contributed by atoms with Crippen molar-refractivity contribution in [3.8, 4) is 6.07 Å². The Kier molecular flexibility index (Phi) is 3.66. The summed E-state index contributed by atoms with van der Waals surface area (Å²) in [4.78, 5) is 13.2. The lowest BCUT2D eigenvalue weighted by Gasteiger charge is -2.32. The molecule has 1 N–H and O–H groups in total. The van der Waals surface area contributed by atoms with E-state index in [1.165, 1.54) is 0 Å². The van der Waals surface area contributed by atoms with Gasteiger partial charge in [0.05, 0.1) is 11.2 Å². The van der Waals surface area contributed by atoms with Crippen LogP contribution in [0.5, 0.6) is 0 Å². The fraction of sp³-hybridized carbons (Fsp3) is 0.538. The van der Waals surface area contributed by atoms with Crippen LogP contribution in [0.2, 0.25) is 0 Å². The van der Waals surface area contributed by atoms with Crippen LogP contribution in [0.3, 0.4) is 0 Å². The number of halogens is 3. The van der Waals surface area contributed by atoms with E-state index in [0.717, 1.165) is 6.07 Å². The number of rotatable bonds is 1. The third-order valence-electron chi connectivity index (χ3n) is 3.98. The van der Waals surface area contributed by atoms with Gasteiger partial charge in [-0.2, -0.15) is 18.4 Å². The number of hydrogen-bond donors (Lipinski definition) is 1. The van der Waals surface area contributed by atoms with E-state index in [9.17, 15) is 18.0 Å². The Bertz CT molecular complexity index is 688.